The summed E-state index contributed by atoms with van der Waals surface area (Å²) in [5.41, 5.74) is 1.31. The number of hydrogen-bond acceptors (Lipinski definition) is 4. The number of likely N-dealkylation sites (tertiary alicyclic amines) is 2. The average Bonchev–Trinajstić information content (AvgIpc) is 3.21. The number of para-hydroxylation sites is 1. The van der Waals surface area contributed by atoms with Crippen LogP contribution < -0.4 is 5.32 Å². The molecule has 7 heteroatoms. The van der Waals surface area contributed by atoms with E-state index in [1.165, 1.54) is 4.90 Å². The molecule has 2 unspecified atom stereocenters. The zero-order chi connectivity index (χ0) is 18.1. The van der Waals surface area contributed by atoms with E-state index in [-0.39, 0.29) is 17.7 Å². The summed E-state index contributed by atoms with van der Waals surface area (Å²) in [5.74, 6) is 0.970. The van der Waals surface area contributed by atoms with E-state index in [1.807, 2.05) is 42.5 Å². The quantitative estimate of drug-likeness (QED) is 0.886. The van der Waals surface area contributed by atoms with Crippen molar-refractivity contribution in [2.24, 2.45) is 11.8 Å². The number of carboxylic acid groups (broad SMARTS) is 1. The van der Waals surface area contributed by atoms with Crippen LogP contribution in [0, 0.1) is 11.8 Å². The highest BCUT2D eigenvalue weighted by atomic mass is 16.4. The van der Waals surface area contributed by atoms with Gasteiger partial charge in [0.15, 0.2) is 0 Å². The van der Waals surface area contributed by atoms with Crippen LogP contribution in [0.2, 0.25) is 0 Å². The van der Waals surface area contributed by atoms with Crippen molar-refractivity contribution < 1.29 is 14.7 Å². The lowest BCUT2D eigenvalue weighted by atomic mass is 10.0. The van der Waals surface area contributed by atoms with Crippen LogP contribution >= 0.6 is 0 Å². The third kappa shape index (κ3) is 3.20. The van der Waals surface area contributed by atoms with Crippen molar-refractivity contribution in [2.75, 3.05) is 31.5 Å². The fraction of sp³-hybridized carbons (Fsp3) is 0.316. The number of anilines is 2. The van der Waals surface area contributed by atoms with Crippen LogP contribution in [0.1, 0.15) is 10.5 Å². The summed E-state index contributed by atoms with van der Waals surface area (Å²) in [7, 11) is 0. The topological polar surface area (TPSA) is 85.8 Å². The lowest BCUT2D eigenvalue weighted by Gasteiger charge is -2.20. The Morgan fingerprint density at radius 2 is 1.58 bits per heavy atom. The predicted molar refractivity (Wildman–Crippen MR) is 96.4 cm³/mol. The molecule has 1 aromatic carbocycles. The summed E-state index contributed by atoms with van der Waals surface area (Å²) in [4.78, 5) is 31.6. The first-order valence-corrected chi connectivity index (χ1v) is 8.66. The number of pyridine rings is 1. The van der Waals surface area contributed by atoms with Gasteiger partial charge in [0.25, 0.3) is 5.91 Å². The summed E-state index contributed by atoms with van der Waals surface area (Å²) in [6, 6.07) is 15.0. The van der Waals surface area contributed by atoms with Gasteiger partial charge in [-0.1, -0.05) is 24.3 Å². The van der Waals surface area contributed by atoms with Crippen LogP contribution in [0.5, 0.6) is 0 Å². The van der Waals surface area contributed by atoms with Crippen molar-refractivity contribution in [1.29, 1.82) is 0 Å². The number of nitrogens with one attached hydrogen (secondary N) is 1. The second-order valence-corrected chi connectivity index (χ2v) is 6.82. The molecule has 7 nitrogen and oxygen atoms in total. The smallest absolute Gasteiger partial charge is 0.407 e. The predicted octanol–water partition coefficient (Wildman–Crippen LogP) is 2.51. The fourth-order valence-electron chi connectivity index (χ4n) is 3.77. The first-order chi connectivity index (χ1) is 12.6. The average molecular weight is 352 g/mol. The molecule has 2 saturated heterocycles. The molecule has 26 heavy (non-hydrogen) atoms. The summed E-state index contributed by atoms with van der Waals surface area (Å²) >= 11 is 0. The van der Waals surface area contributed by atoms with Gasteiger partial charge in [0, 0.05) is 43.7 Å². The van der Waals surface area contributed by atoms with Crippen LogP contribution in [0.25, 0.3) is 0 Å². The zero-order valence-electron chi connectivity index (χ0n) is 14.2. The fourth-order valence-corrected chi connectivity index (χ4v) is 3.77. The summed E-state index contributed by atoms with van der Waals surface area (Å²) in [5, 5.41) is 12.3. The molecule has 0 saturated carbocycles. The molecule has 2 aliphatic rings. The maximum absolute atomic E-state index is 12.8. The standard InChI is InChI=1S/C19H20N4O3/c24-18(22-9-13-11-23(19(25)26)12-14(13)10-22)16-7-4-8-17(21-16)20-15-5-2-1-3-6-15/h1-8,13-14H,9-12H2,(H,20,21)(H,25,26). The normalized spacial score (nSPS) is 21.5. The number of hydrogen-bond donors (Lipinski definition) is 2. The molecule has 0 radical (unpaired) electrons. The van der Waals surface area contributed by atoms with E-state index in [2.05, 4.69) is 10.3 Å². The van der Waals surface area contributed by atoms with Crippen LogP contribution in [-0.4, -0.2) is 58.1 Å². The first-order valence-electron chi connectivity index (χ1n) is 8.66. The third-order valence-electron chi connectivity index (χ3n) is 5.06. The number of carbonyl (C=O) groups excluding carboxylic acids is 1. The van der Waals surface area contributed by atoms with Crippen molar-refractivity contribution in [1.82, 2.24) is 14.8 Å². The molecule has 2 atom stereocenters. The third-order valence-corrected chi connectivity index (χ3v) is 5.06. The maximum Gasteiger partial charge on any atom is 0.407 e. The highest BCUT2D eigenvalue weighted by Crippen LogP contribution is 2.31. The zero-order valence-corrected chi connectivity index (χ0v) is 14.2. The first kappa shape index (κ1) is 16.4. The summed E-state index contributed by atoms with van der Waals surface area (Å²) < 4.78 is 0. The highest BCUT2D eigenvalue weighted by Gasteiger charge is 2.43. The number of benzene rings is 1. The Balaban J connectivity index is 1.43. The molecule has 4 rings (SSSR count). The minimum Gasteiger partial charge on any atom is -0.465 e. The van der Waals surface area contributed by atoms with Crippen molar-refractivity contribution in [3.63, 3.8) is 0 Å². The van der Waals surface area contributed by atoms with Crippen LogP contribution in [0.4, 0.5) is 16.3 Å². The number of aromatic nitrogens is 1. The lowest BCUT2D eigenvalue weighted by molar-refractivity contribution is 0.0768. The summed E-state index contributed by atoms with van der Waals surface area (Å²) in [6.45, 7) is 2.19. The molecule has 3 heterocycles. The van der Waals surface area contributed by atoms with Crippen molar-refractivity contribution >= 4 is 23.5 Å². The van der Waals surface area contributed by atoms with Gasteiger partial charge in [-0.05, 0) is 24.3 Å². The van der Waals surface area contributed by atoms with Gasteiger partial charge < -0.3 is 20.2 Å². The lowest BCUT2D eigenvalue weighted by Crippen LogP contribution is -2.35. The van der Waals surface area contributed by atoms with E-state index in [0.29, 0.717) is 37.7 Å². The van der Waals surface area contributed by atoms with E-state index in [1.54, 1.807) is 11.0 Å². The molecule has 2 amide bonds. The molecule has 2 aliphatic heterocycles. The van der Waals surface area contributed by atoms with Gasteiger partial charge in [0.2, 0.25) is 0 Å². The van der Waals surface area contributed by atoms with Crippen LogP contribution in [-0.2, 0) is 0 Å². The van der Waals surface area contributed by atoms with Gasteiger partial charge in [-0.3, -0.25) is 4.79 Å². The van der Waals surface area contributed by atoms with Gasteiger partial charge in [-0.25, -0.2) is 9.78 Å². The van der Waals surface area contributed by atoms with Crippen molar-refractivity contribution in [3.05, 3.63) is 54.2 Å². The molecule has 0 aliphatic carbocycles. The second-order valence-electron chi connectivity index (χ2n) is 6.82. The monoisotopic (exact) mass is 352 g/mol. The molecule has 0 bridgehead atoms. The maximum atomic E-state index is 12.8. The van der Waals surface area contributed by atoms with Gasteiger partial charge in [-0.2, -0.15) is 0 Å². The number of nitrogens with zero attached hydrogens (tertiary/aromatic N) is 3. The Morgan fingerprint density at radius 1 is 0.923 bits per heavy atom. The van der Waals surface area contributed by atoms with E-state index < -0.39 is 6.09 Å². The van der Waals surface area contributed by atoms with Crippen molar-refractivity contribution in [2.45, 2.75) is 0 Å². The molecule has 2 fully saturated rings. The Kier molecular flexibility index (Phi) is 4.20. The van der Waals surface area contributed by atoms with Gasteiger partial charge in [0.1, 0.15) is 11.5 Å². The highest BCUT2D eigenvalue weighted by molar-refractivity contribution is 5.93. The molecule has 1 aromatic heterocycles. The molecule has 2 N–H and O–H groups in total. The Bertz CT molecular complexity index is 813. The van der Waals surface area contributed by atoms with Gasteiger partial charge >= 0.3 is 6.09 Å². The molecular formula is C19H20N4O3. The van der Waals surface area contributed by atoms with Crippen LogP contribution in [0.3, 0.4) is 0 Å². The van der Waals surface area contributed by atoms with E-state index in [9.17, 15) is 9.59 Å². The van der Waals surface area contributed by atoms with E-state index >= 15 is 0 Å². The molecule has 134 valence electrons. The Morgan fingerprint density at radius 3 is 2.23 bits per heavy atom. The number of rotatable bonds is 3. The van der Waals surface area contributed by atoms with E-state index in [4.69, 9.17) is 5.11 Å². The van der Waals surface area contributed by atoms with Crippen LogP contribution in [0.15, 0.2) is 48.5 Å². The van der Waals surface area contributed by atoms with Crippen molar-refractivity contribution in [3.8, 4) is 0 Å². The minimum absolute atomic E-state index is 0.0991. The molecular weight excluding hydrogens is 332 g/mol. The van der Waals surface area contributed by atoms with Gasteiger partial charge in [-0.15, -0.1) is 0 Å². The molecule has 0 spiro atoms. The Hall–Kier alpha value is -3.09. The minimum atomic E-state index is -0.876. The second kappa shape index (κ2) is 6.67. The number of carbonyl (C=O) groups is 2. The molecule has 2 aromatic rings. The summed E-state index contributed by atoms with van der Waals surface area (Å²) in [6.07, 6.45) is -0.876. The van der Waals surface area contributed by atoms with Gasteiger partial charge in [0.05, 0.1) is 0 Å². The van der Waals surface area contributed by atoms with E-state index in [0.717, 1.165) is 5.69 Å². The number of amides is 2. The SMILES string of the molecule is O=C(O)N1CC2CN(C(=O)c3cccc(Nc4ccccc4)n3)CC2C1. The largest absolute Gasteiger partial charge is 0.465 e. The number of fused-ring (bicyclic) bond motifs is 1. The Labute approximate surface area is 151 Å².